The molecule has 0 aliphatic heterocycles. The summed E-state index contributed by atoms with van der Waals surface area (Å²) in [5.41, 5.74) is 1.36. The number of nitrogens with zero attached hydrogens (tertiary/aromatic N) is 2. The van der Waals surface area contributed by atoms with Crippen LogP contribution in [0.15, 0.2) is 42.6 Å². The van der Waals surface area contributed by atoms with E-state index >= 15 is 0 Å². The molecule has 4 nitrogen and oxygen atoms in total. The molecule has 0 aliphatic carbocycles. The first-order valence-electron chi connectivity index (χ1n) is 7.37. The van der Waals surface area contributed by atoms with Crippen molar-refractivity contribution in [3.63, 3.8) is 0 Å². The van der Waals surface area contributed by atoms with Crippen LogP contribution in [-0.4, -0.2) is 24.0 Å². The second-order valence-electron chi connectivity index (χ2n) is 4.89. The molecule has 6 heteroatoms. The maximum absolute atomic E-state index is 12.8. The first-order chi connectivity index (χ1) is 10.6. The highest BCUT2D eigenvalue weighted by molar-refractivity contribution is 5.94. The molecule has 0 aliphatic rings. The number of hydrogen-bond acceptors (Lipinski definition) is 3. The third kappa shape index (κ3) is 5.21. The second kappa shape index (κ2) is 9.10. The smallest absolute Gasteiger partial charge is 0.251 e. The molecule has 0 bridgehead atoms. The zero-order chi connectivity index (χ0) is 15.9. The molecule has 1 heterocycles. The Hall–Kier alpha value is -2.14. The summed E-state index contributed by atoms with van der Waals surface area (Å²) in [7, 11) is 0. The Morgan fingerprint density at radius 3 is 2.30 bits per heavy atom. The van der Waals surface area contributed by atoms with Crippen LogP contribution in [-0.2, 0) is 6.54 Å². The molecule has 23 heavy (non-hydrogen) atoms. The fourth-order valence-electron chi connectivity index (χ4n) is 2.14. The topological polar surface area (TPSA) is 45.2 Å². The molecular weight excluding hydrogens is 317 g/mol. The summed E-state index contributed by atoms with van der Waals surface area (Å²) < 4.78 is 12.8. The molecule has 2 rings (SSSR count). The van der Waals surface area contributed by atoms with E-state index in [4.69, 9.17) is 0 Å². The number of halogens is 2. The molecular formula is C17H21ClFN3O. The minimum Gasteiger partial charge on any atom is -0.357 e. The van der Waals surface area contributed by atoms with Crippen LogP contribution in [0.25, 0.3) is 0 Å². The molecule has 1 aromatic heterocycles. The van der Waals surface area contributed by atoms with E-state index in [2.05, 4.69) is 29.0 Å². The number of nitrogens with one attached hydrogen (secondary N) is 1. The van der Waals surface area contributed by atoms with Gasteiger partial charge >= 0.3 is 0 Å². The van der Waals surface area contributed by atoms with E-state index in [9.17, 15) is 9.18 Å². The highest BCUT2D eigenvalue weighted by Crippen LogP contribution is 2.11. The van der Waals surface area contributed by atoms with Crippen LogP contribution in [0.4, 0.5) is 10.2 Å². The van der Waals surface area contributed by atoms with Gasteiger partial charge in [0, 0.05) is 31.4 Å². The first kappa shape index (κ1) is 18.9. The minimum absolute atomic E-state index is 0. The molecule has 0 fully saturated rings. The largest absolute Gasteiger partial charge is 0.357 e. The lowest BCUT2D eigenvalue weighted by Crippen LogP contribution is -2.24. The van der Waals surface area contributed by atoms with Gasteiger partial charge in [0.2, 0.25) is 0 Å². The highest BCUT2D eigenvalue weighted by atomic mass is 35.5. The summed E-state index contributed by atoms with van der Waals surface area (Å²) in [6, 6.07) is 9.38. The van der Waals surface area contributed by atoms with Gasteiger partial charge in [-0.05, 0) is 49.7 Å². The standard InChI is InChI=1S/C17H20FN3O.ClH/c1-3-21(4-2)16-10-5-13(11-19-16)12-20-17(22)14-6-8-15(18)9-7-14;/h5-11H,3-4,12H2,1-2H3,(H,20,22);1H. The molecule has 0 atom stereocenters. The van der Waals surface area contributed by atoms with E-state index in [1.54, 1.807) is 6.20 Å². The van der Waals surface area contributed by atoms with Crippen molar-refractivity contribution in [1.82, 2.24) is 10.3 Å². The fraction of sp³-hybridized carbons (Fsp3) is 0.294. The van der Waals surface area contributed by atoms with Crippen LogP contribution in [0.5, 0.6) is 0 Å². The van der Waals surface area contributed by atoms with Gasteiger partial charge in [-0.1, -0.05) is 6.07 Å². The molecule has 1 N–H and O–H groups in total. The number of aromatic nitrogens is 1. The minimum atomic E-state index is -0.354. The van der Waals surface area contributed by atoms with Gasteiger partial charge in [-0.15, -0.1) is 12.4 Å². The summed E-state index contributed by atoms with van der Waals surface area (Å²) in [6.07, 6.45) is 1.76. The molecule has 0 saturated carbocycles. The SMILES string of the molecule is CCN(CC)c1ccc(CNC(=O)c2ccc(F)cc2)cn1.Cl. The average Bonchev–Trinajstić information content (AvgIpc) is 2.55. The molecule has 0 saturated heterocycles. The van der Waals surface area contributed by atoms with E-state index in [-0.39, 0.29) is 24.1 Å². The first-order valence-corrected chi connectivity index (χ1v) is 7.37. The van der Waals surface area contributed by atoms with Gasteiger partial charge in [0.05, 0.1) is 0 Å². The van der Waals surface area contributed by atoms with Crippen molar-refractivity contribution in [3.8, 4) is 0 Å². The van der Waals surface area contributed by atoms with Crippen LogP contribution in [0.3, 0.4) is 0 Å². The summed E-state index contributed by atoms with van der Waals surface area (Å²) in [5, 5.41) is 2.80. The Balaban J connectivity index is 0.00000264. The quantitative estimate of drug-likeness (QED) is 0.878. The van der Waals surface area contributed by atoms with Gasteiger partial charge in [0.25, 0.3) is 5.91 Å². The maximum Gasteiger partial charge on any atom is 0.251 e. The zero-order valence-corrected chi connectivity index (χ0v) is 14.1. The molecule has 124 valence electrons. The Labute approximate surface area is 142 Å². The monoisotopic (exact) mass is 337 g/mol. The molecule has 1 amide bonds. The van der Waals surface area contributed by atoms with Crippen LogP contribution in [0.1, 0.15) is 29.8 Å². The van der Waals surface area contributed by atoms with Crippen LogP contribution in [0, 0.1) is 5.82 Å². The third-order valence-electron chi connectivity index (χ3n) is 3.46. The van der Waals surface area contributed by atoms with E-state index in [0.717, 1.165) is 24.5 Å². The number of carbonyl (C=O) groups excluding carboxylic acids is 1. The van der Waals surface area contributed by atoms with E-state index in [0.29, 0.717) is 12.1 Å². The molecule has 0 radical (unpaired) electrons. The van der Waals surface area contributed by atoms with Gasteiger partial charge in [0.1, 0.15) is 11.6 Å². The van der Waals surface area contributed by atoms with Crippen LogP contribution >= 0.6 is 12.4 Å². The van der Waals surface area contributed by atoms with E-state index in [1.807, 2.05) is 12.1 Å². The fourth-order valence-corrected chi connectivity index (χ4v) is 2.14. The Morgan fingerprint density at radius 2 is 1.78 bits per heavy atom. The van der Waals surface area contributed by atoms with Gasteiger partial charge in [-0.25, -0.2) is 9.37 Å². The normalized spacial score (nSPS) is 9.87. The van der Waals surface area contributed by atoms with Crippen molar-refractivity contribution < 1.29 is 9.18 Å². The van der Waals surface area contributed by atoms with Crippen molar-refractivity contribution in [1.29, 1.82) is 0 Å². The summed E-state index contributed by atoms with van der Waals surface area (Å²) >= 11 is 0. The predicted octanol–water partition coefficient (Wildman–Crippen LogP) is 3.42. The van der Waals surface area contributed by atoms with Crippen molar-refractivity contribution in [3.05, 3.63) is 59.5 Å². The molecule has 2 aromatic rings. The van der Waals surface area contributed by atoms with Crippen molar-refractivity contribution in [2.24, 2.45) is 0 Å². The number of hydrogen-bond donors (Lipinski definition) is 1. The number of amides is 1. The Morgan fingerprint density at radius 1 is 1.13 bits per heavy atom. The number of anilines is 1. The van der Waals surface area contributed by atoms with Gasteiger partial charge in [-0.2, -0.15) is 0 Å². The van der Waals surface area contributed by atoms with Gasteiger partial charge in [-0.3, -0.25) is 4.79 Å². The Kier molecular flexibility index (Phi) is 7.48. The van der Waals surface area contributed by atoms with Crippen molar-refractivity contribution in [2.45, 2.75) is 20.4 Å². The lowest BCUT2D eigenvalue weighted by molar-refractivity contribution is 0.0951. The summed E-state index contributed by atoms with van der Waals surface area (Å²) in [6.45, 7) is 6.38. The van der Waals surface area contributed by atoms with E-state index in [1.165, 1.54) is 24.3 Å². The van der Waals surface area contributed by atoms with E-state index < -0.39 is 0 Å². The summed E-state index contributed by atoms with van der Waals surface area (Å²) in [4.78, 5) is 18.5. The zero-order valence-electron chi connectivity index (χ0n) is 13.3. The maximum atomic E-state index is 12.8. The summed E-state index contributed by atoms with van der Waals surface area (Å²) in [5.74, 6) is 0.346. The second-order valence-corrected chi connectivity index (χ2v) is 4.89. The van der Waals surface area contributed by atoms with Crippen LogP contribution < -0.4 is 10.2 Å². The highest BCUT2D eigenvalue weighted by Gasteiger charge is 2.06. The average molecular weight is 338 g/mol. The van der Waals surface area contributed by atoms with Gasteiger partial charge < -0.3 is 10.2 Å². The predicted molar refractivity (Wildman–Crippen MR) is 92.6 cm³/mol. The van der Waals surface area contributed by atoms with Gasteiger partial charge in [0.15, 0.2) is 0 Å². The number of carbonyl (C=O) groups is 1. The Bertz CT molecular complexity index is 613. The number of rotatable bonds is 6. The lowest BCUT2D eigenvalue weighted by Gasteiger charge is -2.19. The third-order valence-corrected chi connectivity index (χ3v) is 3.46. The molecule has 0 unspecified atom stereocenters. The van der Waals surface area contributed by atoms with Crippen molar-refractivity contribution >= 4 is 24.1 Å². The molecule has 1 aromatic carbocycles. The van der Waals surface area contributed by atoms with Crippen molar-refractivity contribution in [2.75, 3.05) is 18.0 Å². The van der Waals surface area contributed by atoms with Crippen LogP contribution in [0.2, 0.25) is 0 Å². The number of pyridine rings is 1. The molecule has 0 spiro atoms. The number of benzene rings is 1. The lowest BCUT2D eigenvalue weighted by atomic mass is 10.2.